The Morgan fingerprint density at radius 1 is 0.272 bits per heavy atom. The molecule has 0 bridgehead atoms. The summed E-state index contributed by atoms with van der Waals surface area (Å²) in [5, 5.41) is 8.20. The molecule has 0 atom stereocenters. The third kappa shape index (κ3) is 5.48. The van der Waals surface area contributed by atoms with Crippen LogP contribution in [0.2, 0.25) is 0 Å². The van der Waals surface area contributed by atoms with Crippen molar-refractivity contribution in [3.8, 4) is 50.4 Å². The number of para-hydroxylation sites is 4. The molecule has 9 heterocycles. The summed E-state index contributed by atoms with van der Waals surface area (Å²) in [6, 6.07) is 88.0. The van der Waals surface area contributed by atoms with E-state index in [1.807, 2.05) is 0 Å². The lowest BCUT2D eigenvalue weighted by Crippen LogP contribution is -2.53. The number of fused-ring (bicyclic) bond motifs is 24. The standard InChI is InChI=1S/3C25H16BN/c1-15-13-14-18-16-7-2-4-10-20(16)26-21-11-6-9-19-17-8-3-5-12-22(17)27(25(19)21)24(15)23(18)26;1-15-7-4-13-21-23(15)18-10-5-12-20-25(18)27(21)22-14-6-9-17-16-8-2-3-11-19(16)26(20)24(17)22;1-15-12-13-22-19(14-15)18-8-4-10-21-25(18)27(22)23-11-5-7-17-16-6-2-3-9-20(16)26(21)24(17)23/h3*2-14H,1H3. The molecular weight excluding hydrogens is 975 g/mol. The highest BCUT2D eigenvalue weighted by atomic mass is 15.0. The van der Waals surface area contributed by atoms with Crippen molar-refractivity contribution in [3.63, 3.8) is 0 Å². The van der Waals surface area contributed by atoms with Crippen molar-refractivity contribution in [2.75, 3.05) is 0 Å². The van der Waals surface area contributed by atoms with Gasteiger partial charge in [-0.1, -0.05) is 222 Å². The number of rotatable bonds is 0. The number of hydrogen-bond acceptors (Lipinski definition) is 0. The molecule has 0 unspecified atom stereocenters. The summed E-state index contributed by atoms with van der Waals surface area (Å²) in [4.78, 5) is 0. The van der Waals surface area contributed by atoms with Gasteiger partial charge < -0.3 is 13.7 Å². The van der Waals surface area contributed by atoms with E-state index in [1.165, 1.54) is 182 Å². The largest absolute Gasteiger partial charge is 0.310 e. The zero-order valence-electron chi connectivity index (χ0n) is 45.1. The Morgan fingerprint density at radius 3 is 1.35 bits per heavy atom. The number of aromatic nitrogens is 3. The fourth-order valence-corrected chi connectivity index (χ4v) is 16.5. The minimum absolute atomic E-state index is 0.339. The van der Waals surface area contributed by atoms with Crippen LogP contribution in [0.1, 0.15) is 16.7 Å². The minimum atomic E-state index is 0.339. The van der Waals surface area contributed by atoms with Crippen LogP contribution in [-0.4, -0.2) is 33.8 Å². The van der Waals surface area contributed by atoms with Crippen molar-refractivity contribution >= 4 is 135 Å². The van der Waals surface area contributed by atoms with Crippen LogP contribution >= 0.6 is 0 Å². The summed E-state index contributed by atoms with van der Waals surface area (Å²) >= 11 is 0. The van der Waals surface area contributed by atoms with Gasteiger partial charge in [-0.05, 0) is 134 Å². The molecule has 0 spiro atoms. The molecule has 15 aromatic rings. The molecule has 3 nitrogen and oxygen atoms in total. The fourth-order valence-electron chi connectivity index (χ4n) is 16.5. The summed E-state index contributed by atoms with van der Waals surface area (Å²) in [6.45, 7) is 7.69. The molecule has 0 N–H and O–H groups in total. The van der Waals surface area contributed by atoms with Crippen LogP contribution in [0.25, 0.3) is 116 Å². The molecule has 0 amide bonds. The monoisotopic (exact) mass is 1020 g/mol. The molecule has 6 heteroatoms. The first-order valence-electron chi connectivity index (χ1n) is 28.8. The second kappa shape index (κ2) is 15.7. The lowest BCUT2D eigenvalue weighted by atomic mass is 9.37. The van der Waals surface area contributed by atoms with Crippen LogP contribution in [-0.2, 0) is 0 Å². The van der Waals surface area contributed by atoms with Crippen molar-refractivity contribution in [2.45, 2.75) is 20.8 Å². The van der Waals surface area contributed by atoms with Crippen LogP contribution in [0.4, 0.5) is 0 Å². The smallest absolute Gasteiger partial charge is 0.248 e. The van der Waals surface area contributed by atoms with Gasteiger partial charge in [0, 0.05) is 65.9 Å². The molecule has 0 radical (unpaired) electrons. The van der Waals surface area contributed by atoms with Gasteiger partial charge in [-0.3, -0.25) is 0 Å². The van der Waals surface area contributed by atoms with E-state index < -0.39 is 0 Å². The van der Waals surface area contributed by atoms with E-state index in [0.717, 1.165) is 0 Å². The van der Waals surface area contributed by atoms with E-state index in [4.69, 9.17) is 0 Å². The third-order valence-electron chi connectivity index (χ3n) is 19.5. The number of nitrogens with zero attached hydrogens (tertiary/aromatic N) is 3. The summed E-state index contributed by atoms with van der Waals surface area (Å²) < 4.78 is 7.53. The van der Waals surface area contributed by atoms with Gasteiger partial charge in [0.15, 0.2) is 0 Å². The van der Waals surface area contributed by atoms with Gasteiger partial charge in [-0.15, -0.1) is 0 Å². The maximum atomic E-state index is 2.52. The summed E-state index contributed by atoms with van der Waals surface area (Å²) in [7, 11) is 0. The molecule has 0 saturated carbocycles. The van der Waals surface area contributed by atoms with Crippen LogP contribution < -0.4 is 49.2 Å². The molecule has 12 aromatic carbocycles. The topological polar surface area (TPSA) is 14.8 Å². The van der Waals surface area contributed by atoms with Gasteiger partial charge >= 0.3 is 0 Å². The predicted molar refractivity (Wildman–Crippen MR) is 347 cm³/mol. The molecule has 21 rings (SSSR count). The Labute approximate surface area is 470 Å². The Morgan fingerprint density at radius 2 is 0.704 bits per heavy atom. The summed E-state index contributed by atoms with van der Waals surface area (Å²) in [5.74, 6) is 0. The second-order valence-corrected chi connectivity index (χ2v) is 23.5. The van der Waals surface area contributed by atoms with Crippen molar-refractivity contribution in [1.82, 2.24) is 13.7 Å². The van der Waals surface area contributed by atoms with E-state index in [-0.39, 0.29) is 0 Å². The highest BCUT2D eigenvalue weighted by Gasteiger charge is 2.44. The highest BCUT2D eigenvalue weighted by molar-refractivity contribution is 7.03. The van der Waals surface area contributed by atoms with E-state index in [0.29, 0.717) is 20.1 Å². The molecule has 6 aliphatic heterocycles. The Bertz CT molecular complexity index is 5380. The van der Waals surface area contributed by atoms with Crippen molar-refractivity contribution in [3.05, 3.63) is 253 Å². The molecular formula is C75H48B3N3. The quantitative estimate of drug-likeness (QED) is 0.135. The van der Waals surface area contributed by atoms with Crippen LogP contribution in [0.15, 0.2) is 237 Å². The van der Waals surface area contributed by atoms with Gasteiger partial charge in [0.05, 0.1) is 16.6 Å². The Kier molecular flexibility index (Phi) is 8.58. The lowest BCUT2D eigenvalue weighted by molar-refractivity contribution is 1.16. The van der Waals surface area contributed by atoms with Gasteiger partial charge in [0.25, 0.3) is 0 Å². The van der Waals surface area contributed by atoms with Crippen LogP contribution in [0.5, 0.6) is 0 Å². The average molecular weight is 1020 g/mol. The summed E-state index contributed by atoms with van der Waals surface area (Å²) in [6.07, 6.45) is 0. The Hall–Kier alpha value is -9.77. The number of aryl methyl sites for hydroxylation is 3. The molecule has 0 fully saturated rings. The molecule has 3 aromatic heterocycles. The first kappa shape index (κ1) is 44.1. The van der Waals surface area contributed by atoms with Gasteiger partial charge in [-0.25, -0.2) is 0 Å². The molecule has 0 aliphatic carbocycles. The van der Waals surface area contributed by atoms with E-state index >= 15 is 0 Å². The highest BCUT2D eigenvalue weighted by Crippen LogP contribution is 2.41. The summed E-state index contributed by atoms with van der Waals surface area (Å²) in [5.41, 5.74) is 37.6. The first-order chi connectivity index (χ1) is 40.0. The maximum absolute atomic E-state index is 2.52. The zero-order chi connectivity index (χ0) is 53.1. The molecule has 6 aliphatic rings. The third-order valence-corrected chi connectivity index (χ3v) is 19.5. The van der Waals surface area contributed by atoms with Gasteiger partial charge in [0.1, 0.15) is 0 Å². The SMILES string of the molecule is Cc1ccc2c(c1)c1cccc3c1n2-c1cccc2c1B3c1ccccc1-2.Cc1ccc2c3c1-n1c4ccccc4c4cccc(c41)B3c1ccccc1-2.Cc1cccc2c1c1cccc3c1n2-c1cccc2c1B3c1ccccc1-2. The van der Waals surface area contributed by atoms with Crippen LogP contribution in [0, 0.1) is 20.8 Å². The fraction of sp³-hybridized carbons (Fsp3) is 0.0400. The van der Waals surface area contributed by atoms with Crippen molar-refractivity contribution in [1.29, 1.82) is 0 Å². The molecule has 372 valence electrons. The average Bonchev–Trinajstić information content (AvgIpc) is 3.06. The van der Waals surface area contributed by atoms with E-state index in [2.05, 4.69) is 271 Å². The first-order valence-corrected chi connectivity index (χ1v) is 28.8. The van der Waals surface area contributed by atoms with Gasteiger partial charge in [0.2, 0.25) is 20.1 Å². The maximum Gasteiger partial charge on any atom is 0.248 e. The van der Waals surface area contributed by atoms with Crippen molar-refractivity contribution in [2.24, 2.45) is 0 Å². The van der Waals surface area contributed by atoms with Crippen LogP contribution in [0.3, 0.4) is 0 Å². The zero-order valence-corrected chi connectivity index (χ0v) is 45.1. The van der Waals surface area contributed by atoms with E-state index in [9.17, 15) is 0 Å². The van der Waals surface area contributed by atoms with Gasteiger partial charge in [-0.2, -0.15) is 0 Å². The molecule has 0 saturated heterocycles. The lowest BCUT2D eigenvalue weighted by Gasteiger charge is -2.26. The number of hydrogen-bond donors (Lipinski definition) is 0. The normalized spacial score (nSPS) is 13.3. The minimum Gasteiger partial charge on any atom is -0.310 e. The molecule has 81 heavy (non-hydrogen) atoms. The predicted octanol–water partition coefficient (Wildman–Crippen LogP) is 11.7. The van der Waals surface area contributed by atoms with E-state index in [1.54, 1.807) is 0 Å². The second-order valence-electron chi connectivity index (χ2n) is 23.5. The van der Waals surface area contributed by atoms with Crippen molar-refractivity contribution < 1.29 is 0 Å². The number of benzene rings is 12. The Balaban J connectivity index is 0.0000000907.